The lowest BCUT2D eigenvalue weighted by molar-refractivity contribution is 0.106. The van der Waals surface area contributed by atoms with Crippen molar-refractivity contribution in [1.82, 2.24) is 24.7 Å². The highest BCUT2D eigenvalue weighted by molar-refractivity contribution is 5.92. The van der Waals surface area contributed by atoms with E-state index in [0.29, 0.717) is 55.0 Å². The van der Waals surface area contributed by atoms with Crippen LogP contribution in [0.5, 0.6) is 11.5 Å². The van der Waals surface area contributed by atoms with Gasteiger partial charge in [-0.05, 0) is 25.1 Å². The highest BCUT2D eigenvalue weighted by Crippen LogP contribution is 2.32. The summed E-state index contributed by atoms with van der Waals surface area (Å²) in [5.74, 6) is -0.186. The summed E-state index contributed by atoms with van der Waals surface area (Å²) in [7, 11) is 0. The minimum atomic E-state index is -0.716. The van der Waals surface area contributed by atoms with Crippen molar-refractivity contribution in [3.63, 3.8) is 0 Å². The smallest absolute Gasteiger partial charge is 0.183 e. The third-order valence-electron chi connectivity index (χ3n) is 6.05. The molecule has 2 aromatic carbocycles. The van der Waals surface area contributed by atoms with Gasteiger partial charge in [0.2, 0.25) is 0 Å². The molecule has 3 heterocycles. The second kappa shape index (κ2) is 15.9. The maximum atomic E-state index is 14.9. The number of nitrogens with one attached hydrogen (secondary N) is 1. The summed E-state index contributed by atoms with van der Waals surface area (Å²) >= 11 is 0. The molecule has 0 spiro atoms. The van der Waals surface area contributed by atoms with Gasteiger partial charge < -0.3 is 25.3 Å². The van der Waals surface area contributed by atoms with Crippen LogP contribution in [0.1, 0.15) is 12.5 Å². The number of ether oxygens (including phenoxy) is 3. The zero-order valence-corrected chi connectivity index (χ0v) is 24.8. The summed E-state index contributed by atoms with van der Waals surface area (Å²) in [6.45, 7) is 3.38. The lowest BCUT2D eigenvalue weighted by atomic mass is 10.1. The second-order valence-electron chi connectivity index (χ2n) is 8.84. The molecule has 3 aromatic heterocycles. The van der Waals surface area contributed by atoms with Crippen LogP contribution in [0.25, 0.3) is 22.4 Å². The number of rotatable bonds is 13. The van der Waals surface area contributed by atoms with Crippen molar-refractivity contribution in [2.24, 2.45) is 5.73 Å². The first-order valence-electron chi connectivity index (χ1n) is 13.1. The molecular formula is C29H31Cl2F2N7O3. The summed E-state index contributed by atoms with van der Waals surface area (Å²) in [4.78, 5) is 13.3. The van der Waals surface area contributed by atoms with Gasteiger partial charge in [0.1, 0.15) is 29.7 Å². The van der Waals surface area contributed by atoms with E-state index in [1.807, 2.05) is 24.3 Å². The number of hydrogen-bond acceptors (Lipinski definition) is 9. The predicted octanol–water partition coefficient (Wildman–Crippen LogP) is 5.55. The topological polar surface area (TPSA) is 122 Å². The molecular weight excluding hydrogens is 603 g/mol. The number of hydrogen-bond donors (Lipinski definition) is 2. The number of pyridine rings is 1. The molecule has 0 radical (unpaired) electrons. The van der Waals surface area contributed by atoms with Crippen LogP contribution >= 0.6 is 24.8 Å². The predicted molar refractivity (Wildman–Crippen MR) is 165 cm³/mol. The Hall–Kier alpha value is -4.10. The molecule has 0 atom stereocenters. The Morgan fingerprint density at radius 1 is 0.953 bits per heavy atom. The molecule has 10 nitrogen and oxygen atoms in total. The maximum Gasteiger partial charge on any atom is 0.183 e. The lowest BCUT2D eigenvalue weighted by Gasteiger charge is -2.13. The Morgan fingerprint density at radius 2 is 1.70 bits per heavy atom. The van der Waals surface area contributed by atoms with Crippen LogP contribution in [0.2, 0.25) is 0 Å². The Balaban J connectivity index is 0.00000253. The number of halogens is 4. The normalized spacial score (nSPS) is 10.6. The molecule has 228 valence electrons. The van der Waals surface area contributed by atoms with E-state index in [-0.39, 0.29) is 49.3 Å². The molecule has 0 aliphatic heterocycles. The fourth-order valence-corrected chi connectivity index (χ4v) is 4.19. The summed E-state index contributed by atoms with van der Waals surface area (Å²) in [5.41, 5.74) is 7.19. The molecule has 0 aliphatic carbocycles. The minimum Gasteiger partial charge on any atom is -0.494 e. The molecule has 5 aromatic rings. The van der Waals surface area contributed by atoms with Crippen LogP contribution in [0, 0.1) is 11.6 Å². The van der Waals surface area contributed by atoms with E-state index in [9.17, 15) is 8.78 Å². The van der Waals surface area contributed by atoms with Gasteiger partial charge in [-0.1, -0.05) is 18.2 Å². The number of benzene rings is 2. The van der Waals surface area contributed by atoms with Gasteiger partial charge in [0.05, 0.1) is 38.1 Å². The number of fused-ring (bicyclic) bond motifs is 1. The van der Waals surface area contributed by atoms with Crippen molar-refractivity contribution in [2.45, 2.75) is 13.5 Å². The number of para-hydroxylation sites is 1. The standard InChI is InChI=1S/C29H29F2N7O3.2ClH/c1-2-40-20-15-23(30)22(24(31)16-20)18-38-25-6-4-3-5-21(25)27(37-38)29-34-17-26(41-14-13-39-12-9-32)28(36-29)35-19-7-10-33-11-8-19;;/h3-8,10-11,15-17H,2,9,12-14,18,32H2,1H3,(H,33,34,35,36);2*1H. The third kappa shape index (κ3) is 8.05. The Kier molecular flexibility index (Phi) is 12.4. The third-order valence-corrected chi connectivity index (χ3v) is 6.05. The molecule has 14 heteroatoms. The Bertz CT molecular complexity index is 1600. The molecule has 3 N–H and O–H groups in total. The average molecular weight is 635 g/mol. The maximum absolute atomic E-state index is 14.9. The van der Waals surface area contributed by atoms with Crippen molar-refractivity contribution < 1.29 is 23.0 Å². The van der Waals surface area contributed by atoms with Crippen molar-refractivity contribution in [1.29, 1.82) is 0 Å². The number of aromatic nitrogens is 5. The van der Waals surface area contributed by atoms with Gasteiger partial charge in [-0.2, -0.15) is 5.10 Å². The second-order valence-corrected chi connectivity index (χ2v) is 8.84. The van der Waals surface area contributed by atoms with E-state index in [1.165, 1.54) is 16.8 Å². The molecule has 0 bridgehead atoms. The van der Waals surface area contributed by atoms with Gasteiger partial charge in [-0.15, -0.1) is 24.8 Å². The molecule has 5 rings (SSSR count). The highest BCUT2D eigenvalue weighted by atomic mass is 35.5. The van der Waals surface area contributed by atoms with E-state index in [4.69, 9.17) is 24.9 Å². The zero-order chi connectivity index (χ0) is 28.6. The van der Waals surface area contributed by atoms with Crippen molar-refractivity contribution >= 4 is 47.2 Å². The van der Waals surface area contributed by atoms with E-state index < -0.39 is 11.6 Å². The number of nitrogens with two attached hydrogens (primary N) is 1. The quantitative estimate of drug-likeness (QED) is 0.161. The van der Waals surface area contributed by atoms with Crippen LogP contribution < -0.4 is 20.5 Å². The minimum absolute atomic E-state index is 0. The van der Waals surface area contributed by atoms with Crippen molar-refractivity contribution in [3.05, 3.63) is 84.3 Å². The van der Waals surface area contributed by atoms with Gasteiger partial charge in [-0.3, -0.25) is 9.67 Å². The fourth-order valence-electron chi connectivity index (χ4n) is 4.19. The van der Waals surface area contributed by atoms with Crippen molar-refractivity contribution in [3.8, 4) is 23.0 Å². The largest absolute Gasteiger partial charge is 0.494 e. The lowest BCUT2D eigenvalue weighted by Crippen LogP contribution is -2.14. The summed E-state index contributed by atoms with van der Waals surface area (Å²) in [6, 6.07) is 13.3. The zero-order valence-electron chi connectivity index (χ0n) is 23.2. The number of nitrogens with zero attached hydrogens (tertiary/aromatic N) is 5. The van der Waals surface area contributed by atoms with Gasteiger partial charge >= 0.3 is 0 Å². The monoisotopic (exact) mass is 633 g/mol. The molecule has 0 saturated carbocycles. The van der Waals surface area contributed by atoms with Gasteiger partial charge in [-0.25, -0.2) is 18.7 Å². The summed E-state index contributed by atoms with van der Waals surface area (Å²) < 4.78 is 47.9. The van der Waals surface area contributed by atoms with Gasteiger partial charge in [0.15, 0.2) is 17.4 Å². The van der Waals surface area contributed by atoms with Crippen molar-refractivity contribution in [2.75, 3.05) is 38.3 Å². The summed E-state index contributed by atoms with van der Waals surface area (Å²) in [5, 5.41) is 8.64. The highest BCUT2D eigenvalue weighted by Gasteiger charge is 2.20. The van der Waals surface area contributed by atoms with Crippen LogP contribution in [0.15, 0.2) is 67.1 Å². The fraction of sp³-hybridized carbons (Fsp3) is 0.241. The van der Waals surface area contributed by atoms with Gasteiger partial charge in [0.25, 0.3) is 0 Å². The Labute approximate surface area is 259 Å². The average Bonchev–Trinajstić information content (AvgIpc) is 3.34. The van der Waals surface area contributed by atoms with E-state index in [0.717, 1.165) is 11.1 Å². The van der Waals surface area contributed by atoms with Crippen LogP contribution in [-0.4, -0.2) is 57.7 Å². The SMILES string of the molecule is CCOc1cc(F)c(Cn2nc(-c3ncc(OCCOCCN)c(Nc4ccncc4)n3)c3ccccc32)c(F)c1.Cl.Cl. The first kappa shape index (κ1) is 33.4. The van der Waals surface area contributed by atoms with Gasteiger partial charge in [0, 0.05) is 47.7 Å². The van der Waals surface area contributed by atoms with E-state index in [1.54, 1.807) is 37.6 Å². The molecule has 0 amide bonds. The Morgan fingerprint density at radius 3 is 2.42 bits per heavy atom. The molecule has 0 aliphatic rings. The first-order valence-corrected chi connectivity index (χ1v) is 13.1. The number of anilines is 2. The van der Waals surface area contributed by atoms with Crippen LogP contribution in [0.3, 0.4) is 0 Å². The summed E-state index contributed by atoms with van der Waals surface area (Å²) in [6.07, 6.45) is 4.86. The molecule has 0 unspecified atom stereocenters. The molecule has 0 fully saturated rings. The van der Waals surface area contributed by atoms with Crippen LogP contribution in [0.4, 0.5) is 20.3 Å². The first-order chi connectivity index (χ1) is 20.1. The van der Waals surface area contributed by atoms with E-state index >= 15 is 0 Å². The molecule has 0 saturated heterocycles. The van der Waals surface area contributed by atoms with E-state index in [2.05, 4.69) is 20.4 Å². The van der Waals surface area contributed by atoms with Crippen LogP contribution in [-0.2, 0) is 11.3 Å². The molecule has 43 heavy (non-hydrogen) atoms.